The maximum atomic E-state index is 12.3. The van der Waals surface area contributed by atoms with Crippen molar-refractivity contribution in [1.82, 2.24) is 0 Å². The fourth-order valence-corrected chi connectivity index (χ4v) is 3.22. The molecule has 0 aliphatic rings. The summed E-state index contributed by atoms with van der Waals surface area (Å²) in [6.07, 6.45) is 1.31. The lowest BCUT2D eigenvalue weighted by molar-refractivity contribution is 0.602. The third-order valence-corrected chi connectivity index (χ3v) is 4.77. The van der Waals surface area contributed by atoms with E-state index in [0.717, 1.165) is 0 Å². The standard InChI is InChI=1S/C16H12ClNO2S/c17-16-9-5-4-8-14(16)10-15(11-18)21(19,20)12-13-6-2-1-3-7-13/h1-10H,12H2. The van der Waals surface area contributed by atoms with Crippen molar-refractivity contribution in [3.63, 3.8) is 0 Å². The first-order chi connectivity index (χ1) is 10.0. The SMILES string of the molecule is N#CC(=Cc1ccccc1Cl)S(=O)(=O)Cc1ccccc1. The molecule has 2 rings (SSSR count). The average Bonchev–Trinajstić information content (AvgIpc) is 2.46. The Morgan fingerprint density at radius 1 is 1.10 bits per heavy atom. The van der Waals surface area contributed by atoms with Gasteiger partial charge >= 0.3 is 0 Å². The number of halogens is 1. The van der Waals surface area contributed by atoms with Crippen molar-refractivity contribution < 1.29 is 8.42 Å². The maximum Gasteiger partial charge on any atom is 0.192 e. The highest BCUT2D eigenvalue weighted by molar-refractivity contribution is 7.95. The fourth-order valence-electron chi connectivity index (χ4n) is 1.80. The third kappa shape index (κ3) is 3.94. The predicted octanol–water partition coefficient (Wildman–Crippen LogP) is 3.82. The third-order valence-electron chi connectivity index (χ3n) is 2.84. The van der Waals surface area contributed by atoms with Crippen LogP contribution in [-0.2, 0) is 15.6 Å². The van der Waals surface area contributed by atoms with E-state index in [9.17, 15) is 8.42 Å². The van der Waals surface area contributed by atoms with E-state index in [1.807, 2.05) is 0 Å². The van der Waals surface area contributed by atoms with Crippen LogP contribution in [0.2, 0.25) is 5.02 Å². The summed E-state index contributed by atoms with van der Waals surface area (Å²) in [6.45, 7) is 0. The van der Waals surface area contributed by atoms with Gasteiger partial charge in [-0.3, -0.25) is 0 Å². The summed E-state index contributed by atoms with van der Waals surface area (Å²) in [7, 11) is -3.70. The van der Waals surface area contributed by atoms with Gasteiger partial charge in [-0.25, -0.2) is 8.42 Å². The van der Waals surface area contributed by atoms with E-state index in [0.29, 0.717) is 16.1 Å². The first-order valence-electron chi connectivity index (χ1n) is 6.16. The van der Waals surface area contributed by atoms with Crippen molar-refractivity contribution in [3.05, 3.63) is 75.7 Å². The molecule has 0 bridgehead atoms. The molecule has 5 heteroatoms. The van der Waals surface area contributed by atoms with Crippen LogP contribution < -0.4 is 0 Å². The number of sulfone groups is 1. The quantitative estimate of drug-likeness (QED) is 0.805. The van der Waals surface area contributed by atoms with Gasteiger partial charge < -0.3 is 0 Å². The van der Waals surface area contributed by atoms with Gasteiger partial charge in [0.05, 0.1) is 5.75 Å². The summed E-state index contributed by atoms with van der Waals surface area (Å²) in [5.41, 5.74) is 1.14. The van der Waals surface area contributed by atoms with Crippen molar-refractivity contribution in [1.29, 1.82) is 5.26 Å². The minimum absolute atomic E-state index is 0.211. The van der Waals surface area contributed by atoms with Crippen molar-refractivity contribution in [2.24, 2.45) is 0 Å². The lowest BCUT2D eigenvalue weighted by Crippen LogP contribution is -2.06. The second-order valence-corrected chi connectivity index (χ2v) is 6.75. The molecular weight excluding hydrogens is 306 g/mol. The molecule has 0 N–H and O–H groups in total. The Balaban J connectivity index is 2.37. The van der Waals surface area contributed by atoms with Crippen molar-refractivity contribution >= 4 is 27.5 Å². The molecular formula is C16H12ClNO2S. The predicted molar refractivity (Wildman–Crippen MR) is 84.1 cm³/mol. The van der Waals surface area contributed by atoms with Crippen LogP contribution in [-0.4, -0.2) is 8.42 Å². The smallest absolute Gasteiger partial charge is 0.192 e. The van der Waals surface area contributed by atoms with E-state index < -0.39 is 9.84 Å². The molecule has 0 aliphatic carbocycles. The van der Waals surface area contributed by atoms with Crippen LogP contribution in [0.1, 0.15) is 11.1 Å². The van der Waals surface area contributed by atoms with Crippen LogP contribution in [0.4, 0.5) is 0 Å². The number of benzene rings is 2. The summed E-state index contributed by atoms with van der Waals surface area (Å²) >= 11 is 5.99. The van der Waals surface area contributed by atoms with E-state index in [2.05, 4.69) is 0 Å². The van der Waals surface area contributed by atoms with Gasteiger partial charge in [-0.05, 0) is 23.3 Å². The zero-order valence-electron chi connectivity index (χ0n) is 11.0. The van der Waals surface area contributed by atoms with Gasteiger partial charge in [0.2, 0.25) is 0 Å². The number of hydrogen-bond donors (Lipinski definition) is 0. The highest BCUT2D eigenvalue weighted by Crippen LogP contribution is 2.22. The number of nitriles is 1. The summed E-state index contributed by atoms with van der Waals surface area (Å²) < 4.78 is 24.6. The van der Waals surface area contributed by atoms with Gasteiger partial charge in [0.1, 0.15) is 11.0 Å². The molecule has 0 fully saturated rings. The summed E-state index contributed by atoms with van der Waals surface area (Å²) in [6, 6.07) is 17.3. The Morgan fingerprint density at radius 2 is 1.71 bits per heavy atom. The minimum atomic E-state index is -3.70. The second-order valence-electron chi connectivity index (χ2n) is 4.39. The van der Waals surface area contributed by atoms with E-state index >= 15 is 0 Å². The molecule has 0 atom stereocenters. The van der Waals surface area contributed by atoms with Gasteiger partial charge in [-0.1, -0.05) is 60.1 Å². The normalized spacial score (nSPS) is 11.9. The van der Waals surface area contributed by atoms with Gasteiger partial charge in [0.15, 0.2) is 9.84 Å². The number of allylic oxidation sites excluding steroid dienone is 1. The van der Waals surface area contributed by atoms with Crippen LogP contribution in [0.5, 0.6) is 0 Å². The molecule has 0 saturated carbocycles. The Morgan fingerprint density at radius 3 is 2.33 bits per heavy atom. The molecule has 0 radical (unpaired) electrons. The van der Waals surface area contributed by atoms with Gasteiger partial charge in [-0.15, -0.1) is 0 Å². The molecule has 0 aliphatic heterocycles. The Hall–Kier alpha value is -2.09. The molecule has 3 nitrogen and oxygen atoms in total. The number of hydrogen-bond acceptors (Lipinski definition) is 3. The van der Waals surface area contributed by atoms with Crippen LogP contribution in [0.15, 0.2) is 59.5 Å². The monoisotopic (exact) mass is 317 g/mol. The molecule has 0 aromatic heterocycles. The molecule has 21 heavy (non-hydrogen) atoms. The molecule has 2 aromatic carbocycles. The average molecular weight is 318 g/mol. The van der Waals surface area contributed by atoms with Crippen LogP contribution in [0.3, 0.4) is 0 Å². The first kappa shape index (κ1) is 15.3. The molecule has 2 aromatic rings. The topological polar surface area (TPSA) is 57.9 Å². The van der Waals surface area contributed by atoms with E-state index in [1.165, 1.54) is 6.08 Å². The Kier molecular flexibility index (Phi) is 4.79. The van der Waals surface area contributed by atoms with Crippen molar-refractivity contribution in [3.8, 4) is 6.07 Å². The zero-order chi connectivity index (χ0) is 15.3. The fraction of sp³-hybridized carbons (Fsp3) is 0.0625. The summed E-state index contributed by atoms with van der Waals surface area (Å²) in [5, 5.41) is 9.55. The minimum Gasteiger partial charge on any atom is -0.223 e. The van der Waals surface area contributed by atoms with Crippen LogP contribution >= 0.6 is 11.6 Å². The first-order valence-corrected chi connectivity index (χ1v) is 8.19. The molecule has 0 unspecified atom stereocenters. The van der Waals surface area contributed by atoms with Gasteiger partial charge in [0.25, 0.3) is 0 Å². The van der Waals surface area contributed by atoms with Crippen molar-refractivity contribution in [2.45, 2.75) is 5.75 Å². The number of nitrogens with zero attached hydrogens (tertiary/aromatic N) is 1. The van der Waals surface area contributed by atoms with Crippen LogP contribution in [0.25, 0.3) is 6.08 Å². The maximum absolute atomic E-state index is 12.3. The van der Waals surface area contributed by atoms with Gasteiger partial charge in [-0.2, -0.15) is 5.26 Å². The Labute approximate surface area is 129 Å². The van der Waals surface area contributed by atoms with Gasteiger partial charge in [0, 0.05) is 5.02 Å². The Bertz CT molecular complexity index is 806. The molecule has 0 spiro atoms. The van der Waals surface area contributed by atoms with Crippen LogP contribution in [0, 0.1) is 11.3 Å². The molecule has 0 saturated heterocycles. The van der Waals surface area contributed by atoms with E-state index in [1.54, 1.807) is 60.7 Å². The largest absolute Gasteiger partial charge is 0.223 e. The lowest BCUT2D eigenvalue weighted by atomic mass is 10.2. The van der Waals surface area contributed by atoms with Crippen molar-refractivity contribution in [2.75, 3.05) is 0 Å². The second kappa shape index (κ2) is 6.57. The van der Waals surface area contributed by atoms with E-state index in [-0.39, 0.29) is 10.7 Å². The molecule has 0 heterocycles. The molecule has 106 valence electrons. The zero-order valence-corrected chi connectivity index (χ0v) is 12.6. The number of rotatable bonds is 4. The summed E-state index contributed by atoms with van der Waals surface area (Å²) in [4.78, 5) is -0.292. The highest BCUT2D eigenvalue weighted by atomic mass is 35.5. The molecule has 0 amide bonds. The highest BCUT2D eigenvalue weighted by Gasteiger charge is 2.18. The lowest BCUT2D eigenvalue weighted by Gasteiger charge is -2.04. The summed E-state index contributed by atoms with van der Waals surface area (Å²) in [5.74, 6) is -0.211. The van der Waals surface area contributed by atoms with E-state index in [4.69, 9.17) is 16.9 Å².